The molecule has 0 radical (unpaired) electrons. The summed E-state index contributed by atoms with van der Waals surface area (Å²) in [5, 5.41) is 8.74. The molecule has 2 rings (SSSR count). The third-order valence-corrected chi connectivity index (χ3v) is 2.19. The van der Waals surface area contributed by atoms with E-state index in [1.165, 1.54) is 0 Å². The number of fused-ring (bicyclic) bond motifs is 1. The van der Waals surface area contributed by atoms with E-state index in [1.54, 1.807) is 18.2 Å². The van der Waals surface area contributed by atoms with Crippen LogP contribution in [0.3, 0.4) is 0 Å². The van der Waals surface area contributed by atoms with E-state index in [0.717, 1.165) is 0 Å². The Morgan fingerprint density at radius 3 is 2.56 bits per heavy atom. The summed E-state index contributed by atoms with van der Waals surface area (Å²) in [4.78, 5) is 10.7. The molecule has 5 nitrogen and oxygen atoms in total. The van der Waals surface area contributed by atoms with Crippen molar-refractivity contribution in [1.29, 1.82) is 0 Å². The first kappa shape index (κ1) is 12.6. The summed E-state index contributed by atoms with van der Waals surface area (Å²) in [7, 11) is 0. The summed E-state index contributed by atoms with van der Waals surface area (Å²) in [5.74, 6) is 0.115. The maximum Gasteiger partial charge on any atom is 0.325 e. The smallest absolute Gasteiger partial charge is 0.325 e. The minimum Gasteiger partial charge on any atom is -0.486 e. The van der Waals surface area contributed by atoms with E-state index in [1.807, 2.05) is 0 Å². The maximum absolute atomic E-state index is 10.7. The number of hydrogen-bond donors (Lipinski definition) is 2. The zero-order valence-corrected chi connectivity index (χ0v) is 9.20. The molecule has 3 N–H and O–H groups in total. The Balaban J connectivity index is 0.00000128. The molecule has 0 amide bonds. The van der Waals surface area contributed by atoms with Crippen molar-refractivity contribution in [3.8, 4) is 11.5 Å². The average Bonchev–Trinajstić information content (AvgIpc) is 2.27. The molecular weight excluding hydrogens is 234 g/mol. The topological polar surface area (TPSA) is 81.8 Å². The van der Waals surface area contributed by atoms with Crippen molar-refractivity contribution >= 4 is 18.4 Å². The van der Waals surface area contributed by atoms with Gasteiger partial charge in [0.15, 0.2) is 11.5 Å². The number of carboxylic acid groups (broad SMARTS) is 1. The van der Waals surface area contributed by atoms with E-state index in [9.17, 15) is 4.79 Å². The number of benzene rings is 1. The summed E-state index contributed by atoms with van der Waals surface area (Å²) < 4.78 is 10.6. The molecular formula is C10H12ClNO4. The molecule has 16 heavy (non-hydrogen) atoms. The Kier molecular flexibility index (Phi) is 3.98. The fourth-order valence-electron chi connectivity index (χ4n) is 1.40. The molecule has 0 aliphatic carbocycles. The fourth-order valence-corrected chi connectivity index (χ4v) is 1.40. The van der Waals surface area contributed by atoms with Gasteiger partial charge >= 0.3 is 5.97 Å². The lowest BCUT2D eigenvalue weighted by Gasteiger charge is -2.19. The van der Waals surface area contributed by atoms with Crippen LogP contribution in [-0.2, 0) is 4.79 Å². The van der Waals surface area contributed by atoms with Crippen LogP contribution in [0, 0.1) is 0 Å². The van der Waals surface area contributed by atoms with Crippen molar-refractivity contribution in [2.45, 2.75) is 6.04 Å². The Morgan fingerprint density at radius 1 is 1.31 bits per heavy atom. The van der Waals surface area contributed by atoms with Crippen LogP contribution in [0.4, 0.5) is 0 Å². The van der Waals surface area contributed by atoms with Crippen LogP contribution < -0.4 is 15.2 Å². The van der Waals surface area contributed by atoms with Gasteiger partial charge in [0.2, 0.25) is 0 Å². The van der Waals surface area contributed by atoms with Gasteiger partial charge in [-0.2, -0.15) is 0 Å². The van der Waals surface area contributed by atoms with E-state index in [0.29, 0.717) is 30.3 Å². The van der Waals surface area contributed by atoms with Gasteiger partial charge in [0.25, 0.3) is 0 Å². The number of rotatable bonds is 2. The molecule has 0 saturated heterocycles. The van der Waals surface area contributed by atoms with Crippen molar-refractivity contribution in [2.24, 2.45) is 5.73 Å². The first-order chi connectivity index (χ1) is 7.18. The molecule has 88 valence electrons. The number of ether oxygens (including phenoxy) is 2. The summed E-state index contributed by atoms with van der Waals surface area (Å²) in [6.45, 7) is 0.982. The van der Waals surface area contributed by atoms with Crippen molar-refractivity contribution in [2.75, 3.05) is 13.2 Å². The number of halogens is 1. The fraction of sp³-hybridized carbons (Fsp3) is 0.300. The lowest BCUT2D eigenvalue weighted by Crippen LogP contribution is -2.21. The van der Waals surface area contributed by atoms with E-state index in [2.05, 4.69) is 0 Å². The van der Waals surface area contributed by atoms with Gasteiger partial charge in [-0.05, 0) is 17.7 Å². The van der Waals surface area contributed by atoms with E-state index in [4.69, 9.17) is 20.3 Å². The predicted octanol–water partition coefficient (Wildman–Crippen LogP) is 0.964. The second kappa shape index (κ2) is 5.05. The molecule has 0 spiro atoms. The molecule has 1 aromatic carbocycles. The summed E-state index contributed by atoms with van der Waals surface area (Å²) >= 11 is 0. The van der Waals surface area contributed by atoms with Crippen LogP contribution in [0.15, 0.2) is 18.2 Å². The van der Waals surface area contributed by atoms with Crippen LogP contribution in [0.25, 0.3) is 0 Å². The van der Waals surface area contributed by atoms with E-state index < -0.39 is 12.0 Å². The van der Waals surface area contributed by atoms with E-state index >= 15 is 0 Å². The molecule has 1 heterocycles. The number of hydrogen-bond acceptors (Lipinski definition) is 4. The standard InChI is InChI=1S/C10H11NO4.ClH/c11-9(10(12)13)6-1-2-7-8(5-6)15-4-3-14-7;/h1-2,5,9H,3-4,11H2,(H,12,13);1H/t9-;/m0./s1. The molecule has 1 aliphatic rings. The molecule has 0 aromatic heterocycles. The third-order valence-electron chi connectivity index (χ3n) is 2.19. The Morgan fingerprint density at radius 2 is 1.94 bits per heavy atom. The Bertz CT molecular complexity index is 396. The minimum absolute atomic E-state index is 0. The van der Waals surface area contributed by atoms with Gasteiger partial charge in [-0.3, -0.25) is 4.79 Å². The zero-order valence-electron chi connectivity index (χ0n) is 8.38. The Hall–Kier alpha value is -1.46. The van der Waals surface area contributed by atoms with Gasteiger partial charge in [0.1, 0.15) is 19.3 Å². The highest BCUT2D eigenvalue weighted by molar-refractivity contribution is 5.85. The van der Waals surface area contributed by atoms with Crippen LogP contribution in [0.2, 0.25) is 0 Å². The zero-order chi connectivity index (χ0) is 10.8. The molecule has 0 fully saturated rings. The predicted molar refractivity (Wildman–Crippen MR) is 59.2 cm³/mol. The van der Waals surface area contributed by atoms with Crippen LogP contribution in [0.5, 0.6) is 11.5 Å². The molecule has 0 saturated carbocycles. The number of carbonyl (C=O) groups is 1. The van der Waals surface area contributed by atoms with Gasteiger partial charge in [-0.15, -0.1) is 12.4 Å². The van der Waals surface area contributed by atoms with Gasteiger partial charge in [0.05, 0.1) is 0 Å². The first-order valence-corrected chi connectivity index (χ1v) is 4.56. The highest BCUT2D eigenvalue weighted by Gasteiger charge is 2.18. The largest absolute Gasteiger partial charge is 0.486 e. The minimum atomic E-state index is -1.06. The molecule has 0 bridgehead atoms. The second-order valence-electron chi connectivity index (χ2n) is 3.22. The summed E-state index contributed by atoms with van der Waals surface area (Å²) in [5.41, 5.74) is 5.98. The van der Waals surface area contributed by atoms with Gasteiger partial charge in [-0.25, -0.2) is 0 Å². The molecule has 6 heteroatoms. The van der Waals surface area contributed by atoms with Crippen LogP contribution >= 0.6 is 12.4 Å². The summed E-state index contributed by atoms with van der Waals surface area (Å²) in [6.07, 6.45) is 0. The molecule has 1 atom stereocenters. The number of nitrogens with two attached hydrogens (primary N) is 1. The quantitative estimate of drug-likeness (QED) is 0.811. The monoisotopic (exact) mass is 245 g/mol. The Labute approximate surface area is 98.6 Å². The molecule has 1 aliphatic heterocycles. The lowest BCUT2D eigenvalue weighted by atomic mass is 10.1. The highest BCUT2D eigenvalue weighted by Crippen LogP contribution is 2.32. The van der Waals surface area contributed by atoms with Crippen LogP contribution in [-0.4, -0.2) is 24.3 Å². The van der Waals surface area contributed by atoms with Gasteiger partial charge in [-0.1, -0.05) is 6.07 Å². The number of carboxylic acids is 1. The normalized spacial score (nSPS) is 14.8. The molecule has 1 aromatic rings. The van der Waals surface area contributed by atoms with Crippen molar-refractivity contribution in [3.63, 3.8) is 0 Å². The van der Waals surface area contributed by atoms with Gasteiger partial charge in [0, 0.05) is 0 Å². The average molecular weight is 246 g/mol. The molecule has 0 unspecified atom stereocenters. The third kappa shape index (κ3) is 2.37. The van der Waals surface area contributed by atoms with E-state index in [-0.39, 0.29) is 12.4 Å². The summed E-state index contributed by atoms with van der Waals surface area (Å²) in [6, 6.07) is 3.88. The van der Waals surface area contributed by atoms with Crippen molar-refractivity contribution < 1.29 is 19.4 Å². The number of aliphatic carboxylic acids is 1. The van der Waals surface area contributed by atoms with Crippen molar-refractivity contribution in [1.82, 2.24) is 0 Å². The lowest BCUT2D eigenvalue weighted by molar-refractivity contribution is -0.138. The first-order valence-electron chi connectivity index (χ1n) is 4.56. The van der Waals surface area contributed by atoms with Crippen molar-refractivity contribution in [3.05, 3.63) is 23.8 Å². The second-order valence-corrected chi connectivity index (χ2v) is 3.22. The highest BCUT2D eigenvalue weighted by atomic mass is 35.5. The van der Waals surface area contributed by atoms with Gasteiger partial charge < -0.3 is 20.3 Å². The SMILES string of the molecule is Cl.N[C@H](C(=O)O)c1ccc2c(c1)OCCO2. The van der Waals surface area contributed by atoms with Crippen LogP contribution in [0.1, 0.15) is 11.6 Å². The maximum atomic E-state index is 10.7.